The number of hydrogen-bond donors (Lipinski definition) is 1. The first-order chi connectivity index (χ1) is 12.5. The molecule has 1 N–H and O–H groups in total. The first-order valence-corrected chi connectivity index (χ1v) is 9.58. The number of aromatic nitrogens is 2. The van der Waals surface area contributed by atoms with E-state index in [1.54, 1.807) is 4.57 Å². The third-order valence-electron chi connectivity index (χ3n) is 5.12. The molecule has 2 heterocycles. The summed E-state index contributed by atoms with van der Waals surface area (Å²) in [4.78, 5) is 31.3. The molecule has 0 saturated carbocycles. The van der Waals surface area contributed by atoms with Crippen LogP contribution in [0.15, 0.2) is 29.1 Å². The monoisotopic (exact) mass is 368 g/mol. The molecule has 134 valence electrons. The van der Waals surface area contributed by atoms with Crippen LogP contribution in [0.2, 0.25) is 0 Å². The summed E-state index contributed by atoms with van der Waals surface area (Å²) in [6, 6.07) is 8.06. The highest BCUT2D eigenvalue weighted by molar-refractivity contribution is 7.18. The predicted octanol–water partition coefficient (Wildman–Crippen LogP) is 3.63. The van der Waals surface area contributed by atoms with Gasteiger partial charge >= 0.3 is 5.97 Å². The summed E-state index contributed by atoms with van der Waals surface area (Å²) in [6.45, 7) is 4.30. The normalized spacial score (nSPS) is 16.6. The zero-order chi connectivity index (χ0) is 18.4. The van der Waals surface area contributed by atoms with Crippen LogP contribution in [-0.4, -0.2) is 20.6 Å². The summed E-state index contributed by atoms with van der Waals surface area (Å²) >= 11 is 1.48. The number of carboxylic acids is 1. The van der Waals surface area contributed by atoms with Crippen molar-refractivity contribution in [3.63, 3.8) is 0 Å². The van der Waals surface area contributed by atoms with Crippen LogP contribution in [-0.2, 0) is 17.8 Å². The van der Waals surface area contributed by atoms with E-state index in [-0.39, 0.29) is 5.56 Å². The first kappa shape index (κ1) is 17.0. The fraction of sp³-hybridized carbons (Fsp3) is 0.350. The molecule has 0 amide bonds. The van der Waals surface area contributed by atoms with Crippen molar-refractivity contribution in [2.45, 2.75) is 45.6 Å². The number of carboxylic acid groups (broad SMARTS) is 1. The van der Waals surface area contributed by atoms with Gasteiger partial charge in [0, 0.05) is 4.88 Å². The molecule has 0 spiro atoms. The van der Waals surface area contributed by atoms with Crippen LogP contribution in [0, 0.1) is 13.8 Å². The smallest absolute Gasteiger partial charge is 0.311 e. The molecule has 1 atom stereocenters. The average Bonchev–Trinajstić information content (AvgIpc) is 2.98. The molecule has 1 aliphatic carbocycles. The standard InChI is InChI=1S/C20H20N2O3S/c1-11-6-8-13(9-7-11)10-22-12(2)21-18-17(19(22)23)16-14(20(24)25)4-3-5-15(16)26-18/h6-9,14H,3-5,10H2,1-2H3,(H,24,25). The highest BCUT2D eigenvalue weighted by Crippen LogP contribution is 2.40. The maximum atomic E-state index is 13.3. The number of thiophene rings is 1. The van der Waals surface area contributed by atoms with Crippen LogP contribution in [0.25, 0.3) is 10.2 Å². The van der Waals surface area contributed by atoms with Crippen LogP contribution >= 0.6 is 11.3 Å². The summed E-state index contributed by atoms with van der Waals surface area (Å²) < 4.78 is 1.66. The largest absolute Gasteiger partial charge is 0.481 e. The van der Waals surface area contributed by atoms with Crippen molar-refractivity contribution in [3.05, 3.63) is 62.0 Å². The fourth-order valence-corrected chi connectivity index (χ4v) is 5.04. The summed E-state index contributed by atoms with van der Waals surface area (Å²) in [6.07, 6.45) is 2.25. The topological polar surface area (TPSA) is 72.2 Å². The number of hydrogen-bond acceptors (Lipinski definition) is 4. The number of nitrogens with zero attached hydrogens (tertiary/aromatic N) is 2. The Bertz CT molecular complexity index is 1060. The Morgan fingerprint density at radius 3 is 2.73 bits per heavy atom. The lowest BCUT2D eigenvalue weighted by atomic mass is 9.86. The zero-order valence-corrected chi connectivity index (χ0v) is 15.6. The maximum Gasteiger partial charge on any atom is 0.311 e. The molecule has 1 aromatic carbocycles. The van der Waals surface area contributed by atoms with Gasteiger partial charge in [-0.3, -0.25) is 14.2 Å². The summed E-state index contributed by atoms with van der Waals surface area (Å²) in [5.74, 6) is -0.790. The summed E-state index contributed by atoms with van der Waals surface area (Å²) in [7, 11) is 0. The Balaban J connectivity index is 1.90. The van der Waals surface area contributed by atoms with Gasteiger partial charge in [0.1, 0.15) is 10.7 Å². The van der Waals surface area contributed by atoms with Crippen LogP contribution < -0.4 is 5.56 Å². The van der Waals surface area contributed by atoms with E-state index >= 15 is 0 Å². The second-order valence-electron chi connectivity index (χ2n) is 6.94. The summed E-state index contributed by atoms with van der Waals surface area (Å²) in [5, 5.41) is 10.1. The Hall–Kier alpha value is -2.47. The van der Waals surface area contributed by atoms with E-state index in [9.17, 15) is 14.7 Å². The molecule has 0 radical (unpaired) electrons. The maximum absolute atomic E-state index is 13.3. The highest BCUT2D eigenvalue weighted by Gasteiger charge is 2.32. The number of carbonyl (C=O) groups is 1. The Labute approximate surface area is 154 Å². The Morgan fingerprint density at radius 1 is 1.31 bits per heavy atom. The molecule has 4 rings (SSSR count). The van der Waals surface area contributed by atoms with E-state index in [0.29, 0.717) is 34.6 Å². The average molecular weight is 368 g/mol. The van der Waals surface area contributed by atoms with Crippen LogP contribution in [0.1, 0.15) is 46.2 Å². The molecule has 5 nitrogen and oxygen atoms in total. The van der Waals surface area contributed by atoms with E-state index in [0.717, 1.165) is 23.3 Å². The Morgan fingerprint density at radius 2 is 2.04 bits per heavy atom. The van der Waals surface area contributed by atoms with Gasteiger partial charge < -0.3 is 5.11 Å². The third-order valence-corrected chi connectivity index (χ3v) is 6.28. The highest BCUT2D eigenvalue weighted by atomic mass is 32.1. The second kappa shape index (κ2) is 6.36. The molecule has 3 aromatic rings. The lowest BCUT2D eigenvalue weighted by Crippen LogP contribution is -2.26. The number of rotatable bonds is 3. The van der Waals surface area contributed by atoms with E-state index in [4.69, 9.17) is 0 Å². The van der Waals surface area contributed by atoms with Gasteiger partial charge in [-0.15, -0.1) is 11.3 Å². The van der Waals surface area contributed by atoms with Crippen molar-refractivity contribution in [1.29, 1.82) is 0 Å². The van der Waals surface area contributed by atoms with E-state index in [1.165, 1.54) is 16.9 Å². The van der Waals surface area contributed by atoms with Crippen LogP contribution in [0.3, 0.4) is 0 Å². The molecule has 2 aromatic heterocycles. The minimum atomic E-state index is -0.851. The number of fused-ring (bicyclic) bond motifs is 3. The minimum Gasteiger partial charge on any atom is -0.481 e. The van der Waals surface area contributed by atoms with E-state index in [1.807, 2.05) is 38.1 Å². The third kappa shape index (κ3) is 2.74. The molecule has 26 heavy (non-hydrogen) atoms. The van der Waals surface area contributed by atoms with Gasteiger partial charge in [0.2, 0.25) is 0 Å². The predicted molar refractivity (Wildman–Crippen MR) is 102 cm³/mol. The molecule has 0 bridgehead atoms. The van der Waals surface area contributed by atoms with Gasteiger partial charge in [0.05, 0.1) is 17.8 Å². The van der Waals surface area contributed by atoms with Crippen molar-refractivity contribution in [2.75, 3.05) is 0 Å². The van der Waals surface area contributed by atoms with E-state index < -0.39 is 11.9 Å². The van der Waals surface area contributed by atoms with Gasteiger partial charge in [0.15, 0.2) is 0 Å². The molecule has 0 fully saturated rings. The van der Waals surface area contributed by atoms with Crippen molar-refractivity contribution in [1.82, 2.24) is 9.55 Å². The molecule has 0 saturated heterocycles. The number of aliphatic carboxylic acids is 1. The summed E-state index contributed by atoms with van der Waals surface area (Å²) in [5.41, 5.74) is 2.78. The molecule has 1 aliphatic rings. The van der Waals surface area contributed by atoms with E-state index in [2.05, 4.69) is 4.98 Å². The van der Waals surface area contributed by atoms with Gasteiger partial charge in [0.25, 0.3) is 5.56 Å². The number of aryl methyl sites for hydroxylation is 3. The van der Waals surface area contributed by atoms with Crippen LogP contribution in [0.5, 0.6) is 0 Å². The molecule has 0 aliphatic heterocycles. The van der Waals surface area contributed by atoms with Crippen molar-refractivity contribution in [2.24, 2.45) is 0 Å². The molecular formula is C20H20N2O3S. The van der Waals surface area contributed by atoms with Gasteiger partial charge in [-0.2, -0.15) is 0 Å². The zero-order valence-electron chi connectivity index (χ0n) is 14.8. The number of benzene rings is 1. The van der Waals surface area contributed by atoms with Gasteiger partial charge in [-0.25, -0.2) is 4.98 Å². The SMILES string of the molecule is Cc1ccc(Cn2c(C)nc3sc4c(c3c2=O)C(C(=O)O)CCC4)cc1. The first-order valence-electron chi connectivity index (χ1n) is 8.76. The van der Waals surface area contributed by atoms with Crippen LogP contribution in [0.4, 0.5) is 0 Å². The quantitative estimate of drug-likeness (QED) is 0.766. The lowest BCUT2D eigenvalue weighted by Gasteiger charge is -2.19. The molecule has 6 heteroatoms. The second-order valence-corrected chi connectivity index (χ2v) is 8.02. The lowest BCUT2D eigenvalue weighted by molar-refractivity contribution is -0.139. The molecular weight excluding hydrogens is 348 g/mol. The van der Waals surface area contributed by atoms with Crippen molar-refractivity contribution >= 4 is 27.5 Å². The minimum absolute atomic E-state index is 0.126. The fourth-order valence-electron chi connectivity index (χ4n) is 3.73. The Kier molecular flexibility index (Phi) is 4.15. The van der Waals surface area contributed by atoms with Gasteiger partial charge in [-0.05, 0) is 44.2 Å². The van der Waals surface area contributed by atoms with Gasteiger partial charge in [-0.1, -0.05) is 29.8 Å². The molecule has 1 unspecified atom stereocenters. The van der Waals surface area contributed by atoms with Crippen molar-refractivity contribution in [3.8, 4) is 0 Å². The van der Waals surface area contributed by atoms with Crippen molar-refractivity contribution < 1.29 is 9.90 Å².